The number of aromatic amines is 1. The van der Waals surface area contributed by atoms with Gasteiger partial charge in [0.25, 0.3) is 11.8 Å². The fourth-order valence-electron chi connectivity index (χ4n) is 3.05. The number of aliphatic hydroxyl groups excluding tert-OH is 1. The van der Waals surface area contributed by atoms with Crippen LogP contribution in [0.15, 0.2) is 48.5 Å². The number of carbonyl (C=O) groups is 2. The minimum atomic E-state index is -1.51. The van der Waals surface area contributed by atoms with Crippen LogP contribution in [0.25, 0.3) is 10.9 Å². The van der Waals surface area contributed by atoms with Crippen molar-refractivity contribution in [1.29, 1.82) is 0 Å². The predicted octanol–water partition coefficient (Wildman–Crippen LogP) is 3.20. The first-order valence-electron chi connectivity index (χ1n) is 9.12. The molecule has 0 fully saturated rings. The Kier molecular flexibility index (Phi) is 6.99. The molecule has 7 nitrogen and oxygen atoms in total. The third-order valence-electron chi connectivity index (χ3n) is 4.74. The van der Waals surface area contributed by atoms with Crippen LogP contribution < -0.4 is 5.32 Å². The van der Waals surface area contributed by atoms with Crippen molar-refractivity contribution in [2.24, 2.45) is 0 Å². The molecule has 2 atom stereocenters. The Morgan fingerprint density at radius 2 is 1.83 bits per heavy atom. The molecular weight excluding hydrogens is 429 g/mol. The van der Waals surface area contributed by atoms with E-state index in [9.17, 15) is 14.7 Å². The number of nitrogens with zero attached hydrogens (tertiary/aromatic N) is 1. The lowest BCUT2D eigenvalue weighted by Gasteiger charge is -2.26. The van der Waals surface area contributed by atoms with Crippen LogP contribution in [0.5, 0.6) is 0 Å². The lowest BCUT2D eigenvalue weighted by atomic mass is 10.0. The number of fused-ring (bicyclic) bond motifs is 1. The molecule has 0 aliphatic rings. The van der Waals surface area contributed by atoms with Crippen LogP contribution >= 0.6 is 23.2 Å². The van der Waals surface area contributed by atoms with E-state index >= 15 is 0 Å². The van der Waals surface area contributed by atoms with Gasteiger partial charge in [-0.1, -0.05) is 53.5 Å². The first kappa shape index (κ1) is 22.1. The van der Waals surface area contributed by atoms with Gasteiger partial charge >= 0.3 is 0 Å². The maximum Gasteiger partial charge on any atom is 0.276 e. The molecule has 3 N–H and O–H groups in total. The SMILES string of the molecule is CON(C)C(=O)[C@H](O)[C@H](Cc1ccccc1)NC(=O)c1cc2cc(Cl)c(Cl)cc2[nH]1. The molecule has 158 valence electrons. The lowest BCUT2D eigenvalue weighted by molar-refractivity contribution is -0.179. The number of H-pyrrole nitrogens is 1. The summed E-state index contributed by atoms with van der Waals surface area (Å²) in [5.41, 5.74) is 1.75. The van der Waals surface area contributed by atoms with Crippen molar-refractivity contribution in [2.45, 2.75) is 18.6 Å². The number of halogens is 2. The molecule has 0 spiro atoms. The highest BCUT2D eigenvalue weighted by atomic mass is 35.5. The van der Waals surface area contributed by atoms with Gasteiger partial charge in [-0.2, -0.15) is 0 Å². The molecule has 3 aromatic rings. The molecule has 9 heteroatoms. The molecular formula is C21H21Cl2N3O4. The average Bonchev–Trinajstić information content (AvgIpc) is 3.15. The van der Waals surface area contributed by atoms with Crippen LogP contribution in [-0.2, 0) is 16.1 Å². The Hall–Kier alpha value is -2.58. The van der Waals surface area contributed by atoms with Crippen LogP contribution in [0.3, 0.4) is 0 Å². The Morgan fingerprint density at radius 1 is 1.17 bits per heavy atom. The Labute approximate surface area is 183 Å². The molecule has 0 saturated carbocycles. The third kappa shape index (κ3) is 4.94. The average molecular weight is 450 g/mol. The van der Waals surface area contributed by atoms with Gasteiger partial charge in [0.2, 0.25) is 0 Å². The Bertz CT molecular complexity index is 1020. The monoisotopic (exact) mass is 449 g/mol. The molecule has 30 heavy (non-hydrogen) atoms. The topological polar surface area (TPSA) is 94.7 Å². The van der Waals surface area contributed by atoms with Crippen LogP contribution in [0.2, 0.25) is 10.0 Å². The number of nitrogens with one attached hydrogen (secondary N) is 2. The van der Waals surface area contributed by atoms with Gasteiger partial charge in [0.05, 0.1) is 23.2 Å². The smallest absolute Gasteiger partial charge is 0.276 e. The van der Waals surface area contributed by atoms with Crippen molar-refractivity contribution in [3.8, 4) is 0 Å². The van der Waals surface area contributed by atoms with Gasteiger partial charge in [0, 0.05) is 18.0 Å². The van der Waals surface area contributed by atoms with Gasteiger partial charge in [-0.05, 0) is 30.2 Å². The zero-order valence-corrected chi connectivity index (χ0v) is 17.9. The van der Waals surface area contributed by atoms with Gasteiger partial charge in [0.15, 0.2) is 6.10 Å². The summed E-state index contributed by atoms with van der Waals surface area (Å²) in [5, 5.41) is 15.7. The fraction of sp³-hybridized carbons (Fsp3) is 0.238. The standard InChI is InChI=1S/C21H21Cl2N3O4/c1-26(30-2)21(29)19(27)17(8-12-6-4-3-5-7-12)25-20(28)18-10-13-9-14(22)15(23)11-16(13)24-18/h3-7,9-11,17,19,24,27H,8H2,1-2H3,(H,25,28)/t17-,19+/m0/s1. The highest BCUT2D eigenvalue weighted by Crippen LogP contribution is 2.28. The first-order valence-corrected chi connectivity index (χ1v) is 9.88. The van der Waals surface area contributed by atoms with Crippen LogP contribution in [0, 0.1) is 0 Å². The molecule has 2 aromatic carbocycles. The lowest BCUT2D eigenvalue weighted by Crippen LogP contribution is -2.51. The molecule has 0 radical (unpaired) electrons. The summed E-state index contributed by atoms with van der Waals surface area (Å²) in [7, 11) is 2.70. The van der Waals surface area contributed by atoms with E-state index in [1.54, 1.807) is 18.2 Å². The van der Waals surface area contributed by atoms with Crippen molar-refractivity contribution in [1.82, 2.24) is 15.4 Å². The summed E-state index contributed by atoms with van der Waals surface area (Å²) in [6, 6.07) is 13.3. The summed E-state index contributed by atoms with van der Waals surface area (Å²) < 4.78 is 0. The number of aliphatic hydroxyl groups is 1. The molecule has 0 aliphatic heterocycles. The number of hydrogen-bond acceptors (Lipinski definition) is 4. The second-order valence-corrected chi connectivity index (χ2v) is 7.58. The molecule has 2 amide bonds. The van der Waals surface area contributed by atoms with Crippen LogP contribution in [-0.4, -0.2) is 53.3 Å². The number of hydroxylamine groups is 2. The second kappa shape index (κ2) is 9.49. The largest absolute Gasteiger partial charge is 0.381 e. The number of hydrogen-bond donors (Lipinski definition) is 3. The van der Waals surface area contributed by atoms with Gasteiger partial charge in [0.1, 0.15) is 5.69 Å². The zero-order chi connectivity index (χ0) is 21.8. The van der Waals surface area contributed by atoms with Gasteiger partial charge in [-0.15, -0.1) is 0 Å². The number of benzene rings is 2. The molecule has 0 aliphatic carbocycles. The number of rotatable bonds is 7. The second-order valence-electron chi connectivity index (χ2n) is 6.77. The van der Waals surface area contributed by atoms with E-state index in [4.69, 9.17) is 28.0 Å². The van der Waals surface area contributed by atoms with Gasteiger partial charge in [-0.25, -0.2) is 5.06 Å². The summed E-state index contributed by atoms with van der Waals surface area (Å²) in [4.78, 5) is 33.1. The quantitative estimate of drug-likeness (QED) is 0.482. The summed E-state index contributed by atoms with van der Waals surface area (Å²) >= 11 is 12.1. The number of aromatic nitrogens is 1. The first-order chi connectivity index (χ1) is 14.3. The van der Waals surface area contributed by atoms with Crippen molar-refractivity contribution < 1.29 is 19.5 Å². The van der Waals surface area contributed by atoms with E-state index in [0.717, 1.165) is 10.6 Å². The summed E-state index contributed by atoms with van der Waals surface area (Å²) in [5.74, 6) is -1.15. The van der Waals surface area contributed by atoms with E-state index in [1.165, 1.54) is 14.2 Å². The summed E-state index contributed by atoms with van der Waals surface area (Å²) in [6.07, 6.45) is -1.26. The molecule has 3 rings (SSSR count). The predicted molar refractivity (Wildman–Crippen MR) is 116 cm³/mol. The normalized spacial score (nSPS) is 13.1. The maximum atomic E-state index is 12.9. The van der Waals surface area contributed by atoms with Crippen LogP contribution in [0.1, 0.15) is 16.1 Å². The van der Waals surface area contributed by atoms with Crippen molar-refractivity contribution in [3.63, 3.8) is 0 Å². The van der Waals surface area contributed by atoms with Gasteiger partial charge in [-0.3, -0.25) is 14.4 Å². The van der Waals surface area contributed by atoms with E-state index in [2.05, 4.69) is 10.3 Å². The molecule has 0 saturated heterocycles. The van der Waals surface area contributed by atoms with Gasteiger partial charge < -0.3 is 15.4 Å². The third-order valence-corrected chi connectivity index (χ3v) is 5.46. The number of likely N-dealkylation sites (N-methyl/N-ethyl adjacent to an activating group) is 1. The minimum absolute atomic E-state index is 0.245. The van der Waals surface area contributed by atoms with E-state index in [1.807, 2.05) is 30.3 Å². The van der Waals surface area contributed by atoms with Crippen molar-refractivity contribution >= 4 is 45.9 Å². The zero-order valence-electron chi connectivity index (χ0n) is 16.4. The van der Waals surface area contributed by atoms with E-state index in [0.29, 0.717) is 20.9 Å². The minimum Gasteiger partial charge on any atom is -0.381 e. The van der Waals surface area contributed by atoms with E-state index in [-0.39, 0.29) is 12.1 Å². The van der Waals surface area contributed by atoms with Crippen molar-refractivity contribution in [3.05, 3.63) is 69.8 Å². The van der Waals surface area contributed by atoms with Crippen LogP contribution in [0.4, 0.5) is 0 Å². The molecule has 0 unspecified atom stereocenters. The molecule has 1 heterocycles. The molecule has 1 aromatic heterocycles. The maximum absolute atomic E-state index is 12.9. The number of carbonyl (C=O) groups excluding carboxylic acids is 2. The highest BCUT2D eigenvalue weighted by Gasteiger charge is 2.31. The molecule has 0 bridgehead atoms. The Balaban J connectivity index is 1.85. The van der Waals surface area contributed by atoms with Crippen molar-refractivity contribution in [2.75, 3.05) is 14.2 Å². The Morgan fingerprint density at radius 3 is 2.50 bits per heavy atom. The number of amides is 2. The fourth-order valence-corrected chi connectivity index (χ4v) is 3.39. The highest BCUT2D eigenvalue weighted by molar-refractivity contribution is 6.42. The summed E-state index contributed by atoms with van der Waals surface area (Å²) in [6.45, 7) is 0. The van der Waals surface area contributed by atoms with E-state index < -0.39 is 24.0 Å².